The molecule has 4 rings (SSSR count). The van der Waals surface area contributed by atoms with Gasteiger partial charge in [-0.25, -0.2) is 17.9 Å². The van der Waals surface area contributed by atoms with Crippen molar-refractivity contribution < 1.29 is 17.6 Å². The molecule has 0 radical (unpaired) electrons. The van der Waals surface area contributed by atoms with Gasteiger partial charge in [0.25, 0.3) is 0 Å². The van der Waals surface area contributed by atoms with Gasteiger partial charge in [0.1, 0.15) is 5.82 Å². The molecule has 0 bridgehead atoms. The number of hydrogen-bond acceptors (Lipinski definition) is 5. The Labute approximate surface area is 178 Å². The molecule has 9 heteroatoms. The molecule has 1 atom stereocenters. The van der Waals surface area contributed by atoms with E-state index in [4.69, 9.17) is 5.14 Å². The number of carbonyl (C=O) groups excluding carboxylic acids is 1. The first kappa shape index (κ1) is 20.5. The summed E-state index contributed by atoms with van der Waals surface area (Å²) in [5, 5.41) is 10.2. The number of rotatable bonds is 6. The molecule has 156 valence electrons. The first-order valence-corrected chi connectivity index (χ1v) is 11.7. The van der Waals surface area contributed by atoms with Gasteiger partial charge < -0.3 is 10.2 Å². The minimum absolute atomic E-state index is 0.0709. The van der Waals surface area contributed by atoms with Gasteiger partial charge >= 0.3 is 0 Å². The quantitative estimate of drug-likeness (QED) is 0.610. The van der Waals surface area contributed by atoms with Crippen LogP contribution in [0.5, 0.6) is 0 Å². The number of amides is 1. The van der Waals surface area contributed by atoms with Crippen molar-refractivity contribution in [3.05, 3.63) is 81.8 Å². The Morgan fingerprint density at radius 2 is 1.97 bits per heavy atom. The number of benzene rings is 2. The second kappa shape index (κ2) is 8.17. The zero-order chi connectivity index (χ0) is 21.3. The number of hydrogen-bond donors (Lipinski definition) is 2. The maximum Gasteiger partial charge on any atom is 0.240 e. The number of halogens is 1. The molecule has 1 amide bonds. The van der Waals surface area contributed by atoms with Crippen molar-refractivity contribution in [1.29, 1.82) is 0 Å². The first-order valence-electron chi connectivity index (χ1n) is 9.30. The topological polar surface area (TPSA) is 92.5 Å². The number of fused-ring (bicyclic) bond motifs is 1. The molecular formula is C21H20FN3O3S2. The molecule has 1 aliphatic heterocycles. The van der Waals surface area contributed by atoms with Crippen molar-refractivity contribution in [3.8, 4) is 0 Å². The maximum absolute atomic E-state index is 13.3. The largest absolute Gasteiger partial charge is 0.362 e. The predicted octanol–water partition coefficient (Wildman–Crippen LogP) is 2.80. The fraction of sp³-hybridized carbons (Fsp3) is 0.190. The lowest BCUT2D eigenvalue weighted by atomic mass is 10.1. The zero-order valence-corrected chi connectivity index (χ0v) is 17.5. The number of carbonyl (C=O) groups is 1. The Morgan fingerprint density at radius 3 is 2.63 bits per heavy atom. The van der Waals surface area contributed by atoms with Crippen LogP contribution in [0.25, 0.3) is 0 Å². The minimum atomic E-state index is -3.76. The van der Waals surface area contributed by atoms with E-state index in [9.17, 15) is 17.6 Å². The number of sulfonamides is 1. The molecule has 2 heterocycles. The standard InChI is InChI=1S/C21H20FN3O3S2/c22-16-5-3-14(4-6-16)21(19-2-1-11-29-19)24-20(26)13-25-10-9-15-12-17(30(23,27)28)7-8-18(15)25/h1-8,11-12,21H,9-10,13H2,(H,24,26)(H2,23,27,28)/t21-/m1/s1. The van der Waals surface area contributed by atoms with E-state index in [1.165, 1.54) is 29.5 Å². The lowest BCUT2D eigenvalue weighted by Crippen LogP contribution is -2.38. The van der Waals surface area contributed by atoms with E-state index in [2.05, 4.69) is 5.32 Å². The lowest BCUT2D eigenvalue weighted by Gasteiger charge is -2.22. The van der Waals surface area contributed by atoms with Crippen LogP contribution in [0.3, 0.4) is 0 Å². The number of anilines is 1. The molecule has 6 nitrogen and oxygen atoms in total. The van der Waals surface area contributed by atoms with E-state index in [1.807, 2.05) is 22.4 Å². The van der Waals surface area contributed by atoms with Crippen molar-refractivity contribution >= 4 is 33.0 Å². The molecular weight excluding hydrogens is 425 g/mol. The van der Waals surface area contributed by atoms with Gasteiger partial charge in [-0.1, -0.05) is 18.2 Å². The smallest absolute Gasteiger partial charge is 0.240 e. The van der Waals surface area contributed by atoms with E-state index in [-0.39, 0.29) is 29.2 Å². The van der Waals surface area contributed by atoms with Crippen LogP contribution in [0.1, 0.15) is 22.0 Å². The number of nitrogens with zero attached hydrogens (tertiary/aromatic N) is 1. The highest BCUT2D eigenvalue weighted by atomic mass is 32.2. The summed E-state index contributed by atoms with van der Waals surface area (Å²) in [4.78, 5) is 15.8. The van der Waals surface area contributed by atoms with Crippen molar-refractivity contribution in [2.24, 2.45) is 5.14 Å². The van der Waals surface area contributed by atoms with Gasteiger partial charge in [0, 0.05) is 17.1 Å². The van der Waals surface area contributed by atoms with Crippen LogP contribution < -0.4 is 15.4 Å². The van der Waals surface area contributed by atoms with Crippen LogP contribution in [0.2, 0.25) is 0 Å². The van der Waals surface area contributed by atoms with E-state index >= 15 is 0 Å². The molecule has 0 unspecified atom stereocenters. The molecule has 0 aliphatic carbocycles. The Bertz CT molecular complexity index is 1160. The lowest BCUT2D eigenvalue weighted by molar-refractivity contribution is -0.120. The van der Waals surface area contributed by atoms with Crippen LogP contribution in [0.4, 0.5) is 10.1 Å². The summed E-state index contributed by atoms with van der Waals surface area (Å²) in [5.41, 5.74) is 2.47. The van der Waals surface area contributed by atoms with Crippen molar-refractivity contribution in [1.82, 2.24) is 5.32 Å². The Balaban J connectivity index is 1.51. The van der Waals surface area contributed by atoms with E-state index in [0.717, 1.165) is 21.7 Å². The van der Waals surface area contributed by atoms with Gasteiger partial charge in [0.15, 0.2) is 0 Å². The van der Waals surface area contributed by atoms with E-state index in [0.29, 0.717) is 13.0 Å². The molecule has 0 fully saturated rings. The Hall–Kier alpha value is -2.75. The van der Waals surface area contributed by atoms with Gasteiger partial charge in [-0.2, -0.15) is 0 Å². The molecule has 30 heavy (non-hydrogen) atoms. The zero-order valence-electron chi connectivity index (χ0n) is 15.9. The molecule has 3 N–H and O–H groups in total. The van der Waals surface area contributed by atoms with Crippen LogP contribution in [-0.4, -0.2) is 27.4 Å². The minimum Gasteiger partial charge on any atom is -0.362 e. The highest BCUT2D eigenvalue weighted by Crippen LogP contribution is 2.30. The van der Waals surface area contributed by atoms with Crippen molar-refractivity contribution in [2.75, 3.05) is 18.0 Å². The summed E-state index contributed by atoms with van der Waals surface area (Å²) >= 11 is 1.52. The summed E-state index contributed by atoms with van der Waals surface area (Å²) < 4.78 is 36.4. The van der Waals surface area contributed by atoms with Crippen molar-refractivity contribution in [2.45, 2.75) is 17.4 Å². The molecule has 0 saturated heterocycles. The van der Waals surface area contributed by atoms with E-state index in [1.54, 1.807) is 24.3 Å². The number of nitrogens with one attached hydrogen (secondary N) is 1. The fourth-order valence-corrected chi connectivity index (χ4v) is 4.96. The molecule has 1 aliphatic rings. The number of nitrogens with two attached hydrogens (primary N) is 1. The van der Waals surface area contributed by atoms with Crippen LogP contribution in [-0.2, 0) is 21.2 Å². The van der Waals surface area contributed by atoms with Gasteiger partial charge in [0.05, 0.1) is 17.5 Å². The third kappa shape index (κ3) is 4.38. The van der Waals surface area contributed by atoms with Gasteiger partial charge in [-0.05, 0) is 59.3 Å². The van der Waals surface area contributed by atoms with Crippen molar-refractivity contribution in [3.63, 3.8) is 0 Å². The van der Waals surface area contributed by atoms with Gasteiger partial charge in [0.2, 0.25) is 15.9 Å². The maximum atomic E-state index is 13.3. The highest BCUT2D eigenvalue weighted by molar-refractivity contribution is 7.89. The summed E-state index contributed by atoms with van der Waals surface area (Å²) in [7, 11) is -3.76. The Kier molecular flexibility index (Phi) is 5.59. The molecule has 1 aromatic heterocycles. The average Bonchev–Trinajstić information content (AvgIpc) is 3.36. The van der Waals surface area contributed by atoms with Gasteiger partial charge in [-0.3, -0.25) is 4.79 Å². The summed E-state index contributed by atoms with van der Waals surface area (Å²) in [5.74, 6) is -0.511. The Morgan fingerprint density at radius 1 is 1.20 bits per heavy atom. The van der Waals surface area contributed by atoms with Crippen LogP contribution >= 0.6 is 11.3 Å². The second-order valence-electron chi connectivity index (χ2n) is 7.07. The summed E-state index contributed by atoms with van der Waals surface area (Å²) in [6.45, 7) is 0.738. The van der Waals surface area contributed by atoms with Crippen LogP contribution in [0, 0.1) is 5.82 Å². The normalized spacial score (nSPS) is 14.4. The number of primary sulfonamides is 1. The fourth-order valence-electron chi connectivity index (χ4n) is 3.60. The third-order valence-corrected chi connectivity index (χ3v) is 6.89. The van der Waals surface area contributed by atoms with Crippen LogP contribution in [0.15, 0.2) is 64.9 Å². The summed E-state index contributed by atoms with van der Waals surface area (Å²) in [6.07, 6.45) is 0.637. The summed E-state index contributed by atoms with van der Waals surface area (Å²) in [6, 6.07) is 14.3. The monoisotopic (exact) mass is 445 g/mol. The third-order valence-electron chi connectivity index (χ3n) is 5.04. The average molecular weight is 446 g/mol. The van der Waals surface area contributed by atoms with E-state index < -0.39 is 10.0 Å². The van der Waals surface area contributed by atoms with Gasteiger partial charge in [-0.15, -0.1) is 11.3 Å². The predicted molar refractivity (Wildman–Crippen MR) is 114 cm³/mol. The number of thiophene rings is 1. The highest BCUT2D eigenvalue weighted by Gasteiger charge is 2.25. The molecule has 2 aromatic carbocycles. The SMILES string of the molecule is NS(=O)(=O)c1ccc2c(c1)CCN2CC(=O)N[C@H](c1ccc(F)cc1)c1cccs1. The second-order valence-corrected chi connectivity index (χ2v) is 9.62. The molecule has 3 aromatic rings. The molecule has 0 spiro atoms. The molecule has 0 saturated carbocycles. The first-order chi connectivity index (χ1) is 14.3.